The first-order valence-corrected chi connectivity index (χ1v) is 6.58. The third kappa shape index (κ3) is 2.12. The molecule has 1 unspecified atom stereocenters. The van der Waals surface area contributed by atoms with E-state index in [-0.39, 0.29) is 11.6 Å². The van der Waals surface area contributed by atoms with Crippen LogP contribution in [0.3, 0.4) is 0 Å². The van der Waals surface area contributed by atoms with Gasteiger partial charge in [0.1, 0.15) is 11.4 Å². The maximum absolute atomic E-state index is 6.02. The van der Waals surface area contributed by atoms with Gasteiger partial charge in [-0.05, 0) is 26.8 Å². The second-order valence-electron chi connectivity index (χ2n) is 5.58. The number of para-hydroxylation sites is 1. The highest BCUT2D eigenvalue weighted by Gasteiger charge is 2.40. The zero-order chi connectivity index (χ0) is 13.5. The summed E-state index contributed by atoms with van der Waals surface area (Å²) >= 11 is 0. The Bertz CT molecular complexity index is 589. The molecule has 1 aliphatic rings. The molecule has 0 saturated heterocycles. The lowest BCUT2D eigenvalue weighted by Crippen LogP contribution is -2.38. The molecule has 0 bridgehead atoms. The SMILES string of the molecule is Cc1[nH]ncc1CNC1c2ccccc2OC1(C)C. The van der Waals surface area contributed by atoms with Crippen molar-refractivity contribution in [3.05, 3.63) is 47.3 Å². The van der Waals surface area contributed by atoms with Crippen molar-refractivity contribution in [2.45, 2.75) is 39.0 Å². The molecule has 1 aromatic heterocycles. The lowest BCUT2D eigenvalue weighted by atomic mass is 9.94. The lowest BCUT2D eigenvalue weighted by Gasteiger charge is -2.27. The number of ether oxygens (including phenoxy) is 1. The number of nitrogens with one attached hydrogen (secondary N) is 2. The molecule has 3 rings (SSSR count). The van der Waals surface area contributed by atoms with Gasteiger partial charge in [-0.3, -0.25) is 5.10 Å². The molecule has 2 heterocycles. The molecule has 1 aromatic carbocycles. The molecule has 1 atom stereocenters. The van der Waals surface area contributed by atoms with Crippen LogP contribution in [-0.2, 0) is 6.54 Å². The first kappa shape index (κ1) is 12.2. The summed E-state index contributed by atoms with van der Waals surface area (Å²) in [6.45, 7) is 7.06. The molecule has 19 heavy (non-hydrogen) atoms. The maximum Gasteiger partial charge on any atom is 0.125 e. The number of aromatic amines is 1. The second-order valence-corrected chi connectivity index (χ2v) is 5.58. The molecule has 4 nitrogen and oxygen atoms in total. The molecule has 0 saturated carbocycles. The Morgan fingerprint density at radius 2 is 2.16 bits per heavy atom. The van der Waals surface area contributed by atoms with Crippen LogP contribution >= 0.6 is 0 Å². The minimum absolute atomic E-state index is 0.193. The molecular formula is C15H19N3O. The minimum Gasteiger partial charge on any atom is -0.486 e. The summed E-state index contributed by atoms with van der Waals surface area (Å²) in [6, 6.07) is 8.42. The summed E-state index contributed by atoms with van der Waals surface area (Å²) in [4.78, 5) is 0. The number of aryl methyl sites for hydroxylation is 1. The van der Waals surface area contributed by atoms with Crippen molar-refractivity contribution in [2.24, 2.45) is 0 Å². The molecule has 2 N–H and O–H groups in total. The average molecular weight is 257 g/mol. The van der Waals surface area contributed by atoms with Crippen LogP contribution in [-0.4, -0.2) is 15.8 Å². The monoisotopic (exact) mass is 257 g/mol. The number of nitrogens with zero attached hydrogens (tertiary/aromatic N) is 1. The Morgan fingerprint density at radius 1 is 1.37 bits per heavy atom. The molecule has 1 aliphatic heterocycles. The van der Waals surface area contributed by atoms with E-state index in [1.165, 1.54) is 11.1 Å². The normalized spacial score (nSPS) is 20.1. The summed E-state index contributed by atoms with van der Waals surface area (Å²) in [5.41, 5.74) is 3.30. The Labute approximate surface area is 113 Å². The van der Waals surface area contributed by atoms with Gasteiger partial charge in [0, 0.05) is 23.4 Å². The summed E-state index contributed by atoms with van der Waals surface area (Å²) in [5, 5.41) is 10.6. The van der Waals surface area contributed by atoms with E-state index in [0.717, 1.165) is 18.0 Å². The summed E-state index contributed by atoms with van der Waals surface area (Å²) in [6.07, 6.45) is 1.87. The predicted molar refractivity (Wildman–Crippen MR) is 74.1 cm³/mol. The molecule has 0 amide bonds. The fraction of sp³-hybridized carbons (Fsp3) is 0.400. The van der Waals surface area contributed by atoms with Gasteiger partial charge in [-0.1, -0.05) is 18.2 Å². The Kier molecular flexibility index (Phi) is 2.82. The van der Waals surface area contributed by atoms with Crippen LogP contribution in [0.4, 0.5) is 0 Å². The van der Waals surface area contributed by atoms with Crippen molar-refractivity contribution < 1.29 is 4.74 Å². The highest BCUT2D eigenvalue weighted by atomic mass is 16.5. The third-order valence-corrected chi connectivity index (χ3v) is 3.73. The lowest BCUT2D eigenvalue weighted by molar-refractivity contribution is 0.0958. The predicted octanol–water partition coefficient (Wildman–Crippen LogP) is 2.72. The van der Waals surface area contributed by atoms with E-state index in [0.29, 0.717) is 0 Å². The zero-order valence-electron chi connectivity index (χ0n) is 11.5. The number of fused-ring (bicyclic) bond motifs is 1. The Hall–Kier alpha value is -1.81. The molecule has 0 fully saturated rings. The Balaban J connectivity index is 1.82. The van der Waals surface area contributed by atoms with Crippen molar-refractivity contribution in [3.63, 3.8) is 0 Å². The average Bonchev–Trinajstić information content (AvgIpc) is 2.87. The fourth-order valence-corrected chi connectivity index (χ4v) is 2.65. The molecule has 0 aliphatic carbocycles. The van der Waals surface area contributed by atoms with Crippen molar-refractivity contribution in [2.75, 3.05) is 0 Å². The van der Waals surface area contributed by atoms with Gasteiger partial charge in [0.25, 0.3) is 0 Å². The van der Waals surface area contributed by atoms with Crippen molar-refractivity contribution >= 4 is 0 Å². The van der Waals surface area contributed by atoms with E-state index < -0.39 is 0 Å². The van der Waals surface area contributed by atoms with Crippen molar-refractivity contribution in [1.29, 1.82) is 0 Å². The van der Waals surface area contributed by atoms with E-state index in [9.17, 15) is 0 Å². The van der Waals surface area contributed by atoms with Crippen molar-refractivity contribution in [1.82, 2.24) is 15.5 Å². The number of rotatable bonds is 3. The van der Waals surface area contributed by atoms with Crippen LogP contribution in [0.5, 0.6) is 5.75 Å². The highest BCUT2D eigenvalue weighted by Crippen LogP contribution is 2.42. The van der Waals surface area contributed by atoms with E-state index in [1.807, 2.05) is 25.3 Å². The third-order valence-electron chi connectivity index (χ3n) is 3.73. The molecule has 4 heteroatoms. The summed E-state index contributed by atoms with van der Waals surface area (Å²) in [7, 11) is 0. The number of hydrogen-bond donors (Lipinski definition) is 2. The van der Waals surface area contributed by atoms with Gasteiger partial charge < -0.3 is 10.1 Å². The van der Waals surface area contributed by atoms with E-state index in [4.69, 9.17) is 4.74 Å². The number of H-pyrrole nitrogens is 1. The van der Waals surface area contributed by atoms with Gasteiger partial charge >= 0.3 is 0 Å². The van der Waals surface area contributed by atoms with Gasteiger partial charge in [0.05, 0.1) is 12.2 Å². The summed E-state index contributed by atoms with van der Waals surface area (Å²) in [5.74, 6) is 0.980. The molecule has 0 radical (unpaired) electrons. The Morgan fingerprint density at radius 3 is 2.89 bits per heavy atom. The van der Waals surface area contributed by atoms with Gasteiger partial charge in [0.15, 0.2) is 0 Å². The second kappa shape index (κ2) is 4.38. The number of hydrogen-bond acceptors (Lipinski definition) is 3. The van der Waals surface area contributed by atoms with Crippen LogP contribution in [0.1, 0.15) is 36.7 Å². The van der Waals surface area contributed by atoms with Crippen LogP contribution in [0, 0.1) is 6.92 Å². The minimum atomic E-state index is -0.235. The smallest absolute Gasteiger partial charge is 0.125 e. The number of benzene rings is 1. The quantitative estimate of drug-likeness (QED) is 0.889. The van der Waals surface area contributed by atoms with E-state index >= 15 is 0 Å². The van der Waals surface area contributed by atoms with Gasteiger partial charge in [-0.2, -0.15) is 5.10 Å². The van der Waals surface area contributed by atoms with Crippen molar-refractivity contribution in [3.8, 4) is 5.75 Å². The zero-order valence-corrected chi connectivity index (χ0v) is 11.5. The molecule has 100 valence electrons. The van der Waals surface area contributed by atoms with Gasteiger partial charge in [-0.25, -0.2) is 0 Å². The fourth-order valence-electron chi connectivity index (χ4n) is 2.65. The first-order chi connectivity index (χ1) is 9.08. The molecule has 2 aromatic rings. The molecule has 0 spiro atoms. The largest absolute Gasteiger partial charge is 0.486 e. The van der Waals surface area contributed by atoms with Crippen LogP contribution in [0.2, 0.25) is 0 Å². The van der Waals surface area contributed by atoms with Gasteiger partial charge in [0.2, 0.25) is 0 Å². The topological polar surface area (TPSA) is 49.9 Å². The van der Waals surface area contributed by atoms with Crippen LogP contribution in [0.15, 0.2) is 30.5 Å². The summed E-state index contributed by atoms with van der Waals surface area (Å²) < 4.78 is 6.02. The standard InChI is InChI=1S/C15H19N3O/c1-10-11(9-17-18-10)8-16-14-12-6-4-5-7-13(12)19-15(14,2)3/h4-7,9,14,16H,8H2,1-3H3,(H,17,18). The molecular weight excluding hydrogens is 238 g/mol. The van der Waals surface area contributed by atoms with E-state index in [2.05, 4.69) is 41.5 Å². The number of aromatic nitrogens is 2. The highest BCUT2D eigenvalue weighted by molar-refractivity contribution is 5.42. The van der Waals surface area contributed by atoms with Crippen LogP contribution in [0.25, 0.3) is 0 Å². The van der Waals surface area contributed by atoms with Gasteiger partial charge in [-0.15, -0.1) is 0 Å². The van der Waals surface area contributed by atoms with E-state index in [1.54, 1.807) is 0 Å². The maximum atomic E-state index is 6.02. The first-order valence-electron chi connectivity index (χ1n) is 6.58. The van der Waals surface area contributed by atoms with Crippen LogP contribution < -0.4 is 10.1 Å².